The van der Waals surface area contributed by atoms with Gasteiger partial charge in [-0.2, -0.15) is 5.26 Å². The third-order valence-corrected chi connectivity index (χ3v) is 3.38. The number of carbonyl (C=O) groups excluding carboxylic acids is 1. The summed E-state index contributed by atoms with van der Waals surface area (Å²) in [6.07, 6.45) is 1.21. The van der Waals surface area contributed by atoms with E-state index in [0.29, 0.717) is 15.9 Å². The van der Waals surface area contributed by atoms with Gasteiger partial charge in [0.2, 0.25) is 0 Å². The molecule has 23 heavy (non-hydrogen) atoms. The van der Waals surface area contributed by atoms with E-state index in [4.69, 9.17) is 0 Å². The lowest BCUT2D eigenvalue weighted by atomic mass is 10.1. The molecule has 0 aliphatic rings. The fourth-order valence-electron chi connectivity index (χ4n) is 2.25. The summed E-state index contributed by atoms with van der Waals surface area (Å²) in [5, 5.41) is 21.8. The molecule has 0 saturated carbocycles. The smallest absolute Gasteiger partial charge is 0.321 e. The summed E-state index contributed by atoms with van der Waals surface area (Å²) in [4.78, 5) is 16.6. The maximum absolute atomic E-state index is 12.4. The van der Waals surface area contributed by atoms with Crippen LogP contribution < -0.4 is 4.73 Å². The first-order chi connectivity index (χ1) is 11.2. The highest BCUT2D eigenvalue weighted by Gasteiger charge is 2.25. The zero-order valence-corrected chi connectivity index (χ0v) is 12.0. The molecule has 0 radical (unpaired) electrons. The van der Waals surface area contributed by atoms with Gasteiger partial charge in [-0.05, 0) is 0 Å². The Hall–Kier alpha value is -3.52. The molecule has 0 unspecified atom stereocenters. The highest BCUT2D eigenvalue weighted by Crippen LogP contribution is 2.19. The van der Waals surface area contributed by atoms with E-state index in [1.807, 2.05) is 12.1 Å². The normalized spacial score (nSPS) is 10.0. The lowest BCUT2D eigenvalue weighted by Gasteiger charge is -2.08. The van der Waals surface area contributed by atoms with Gasteiger partial charge in [-0.3, -0.25) is 4.79 Å². The van der Waals surface area contributed by atoms with Crippen LogP contribution in [0.3, 0.4) is 0 Å². The van der Waals surface area contributed by atoms with Crippen LogP contribution in [0, 0.1) is 16.5 Å². The van der Waals surface area contributed by atoms with Crippen molar-refractivity contribution in [3.63, 3.8) is 0 Å². The molecule has 0 spiro atoms. The quantitative estimate of drug-likeness (QED) is 0.423. The number of carbonyl (C=O) groups is 1. The molecule has 0 aliphatic carbocycles. The van der Waals surface area contributed by atoms with Crippen LogP contribution in [0.1, 0.15) is 21.7 Å². The van der Waals surface area contributed by atoms with Gasteiger partial charge < -0.3 is 5.21 Å². The van der Waals surface area contributed by atoms with Crippen LogP contribution in [0.4, 0.5) is 0 Å². The maximum atomic E-state index is 12.4. The molecule has 3 rings (SSSR count). The fraction of sp³-hybridized carbons (Fsp3) is 0. The lowest BCUT2D eigenvalue weighted by molar-refractivity contribution is -0.610. The maximum Gasteiger partial charge on any atom is 0.321 e. The van der Waals surface area contributed by atoms with Gasteiger partial charge in [0.1, 0.15) is 6.20 Å². The molecular formula is C18H11N3O2. The van der Waals surface area contributed by atoms with E-state index in [0.717, 1.165) is 0 Å². The molecule has 2 aromatic carbocycles. The number of nitrogens with zero attached hydrogens (tertiary/aromatic N) is 3. The topological polar surface area (TPSA) is 80.7 Å². The number of benzene rings is 2. The standard InChI is InChI=1S/C18H11N3O2/c19-11-15-17(13-7-3-1-4-8-13)20-12-16(21(15)23)18(22)14-9-5-2-6-10-14/h1-10,12H. The van der Waals surface area contributed by atoms with Crippen molar-refractivity contribution in [3.8, 4) is 17.3 Å². The molecule has 110 valence electrons. The van der Waals surface area contributed by atoms with Gasteiger partial charge in [0.25, 0.3) is 11.5 Å². The Morgan fingerprint density at radius 1 is 1.04 bits per heavy atom. The molecule has 3 aromatic rings. The molecule has 5 nitrogen and oxygen atoms in total. The van der Waals surface area contributed by atoms with Crippen LogP contribution in [0.15, 0.2) is 66.9 Å². The summed E-state index contributed by atoms with van der Waals surface area (Å²) in [5.41, 5.74) is 0.903. The van der Waals surface area contributed by atoms with Gasteiger partial charge in [-0.15, -0.1) is 4.73 Å². The summed E-state index contributed by atoms with van der Waals surface area (Å²) in [5.74, 6) is -0.468. The van der Waals surface area contributed by atoms with Gasteiger partial charge in [0.05, 0.1) is 0 Å². The zero-order valence-electron chi connectivity index (χ0n) is 12.0. The number of aromatic nitrogens is 2. The predicted octanol–water partition coefficient (Wildman–Crippen LogP) is 2.48. The Morgan fingerprint density at radius 2 is 1.65 bits per heavy atom. The Labute approximate surface area is 132 Å². The Morgan fingerprint density at radius 3 is 2.26 bits per heavy atom. The second-order valence-electron chi connectivity index (χ2n) is 4.81. The lowest BCUT2D eigenvalue weighted by Crippen LogP contribution is -2.39. The van der Waals surface area contributed by atoms with E-state index in [2.05, 4.69) is 4.98 Å². The van der Waals surface area contributed by atoms with Crippen molar-refractivity contribution in [2.75, 3.05) is 0 Å². The SMILES string of the molecule is N#Cc1c(-c2ccccc2)ncc(C(=O)c2ccccc2)[n+]1[O-]. The van der Waals surface area contributed by atoms with Gasteiger partial charge >= 0.3 is 5.69 Å². The third kappa shape index (κ3) is 2.65. The second-order valence-corrected chi connectivity index (χ2v) is 4.81. The Kier molecular flexibility index (Phi) is 3.81. The van der Waals surface area contributed by atoms with Crippen LogP contribution in [0.25, 0.3) is 11.3 Å². The molecule has 1 aromatic heterocycles. The summed E-state index contributed by atoms with van der Waals surface area (Å²) in [6, 6.07) is 19.2. The first-order valence-electron chi connectivity index (χ1n) is 6.90. The molecule has 0 saturated heterocycles. The summed E-state index contributed by atoms with van der Waals surface area (Å²) in [7, 11) is 0. The van der Waals surface area contributed by atoms with Gasteiger partial charge in [-0.1, -0.05) is 60.7 Å². The number of hydrogen-bond acceptors (Lipinski definition) is 4. The minimum Gasteiger partial charge on any atom is -0.617 e. The first kappa shape index (κ1) is 14.4. The van der Waals surface area contributed by atoms with Crippen molar-refractivity contribution in [2.24, 2.45) is 0 Å². The van der Waals surface area contributed by atoms with Crippen molar-refractivity contribution in [3.05, 3.63) is 89.0 Å². The monoisotopic (exact) mass is 301 g/mol. The van der Waals surface area contributed by atoms with Crippen molar-refractivity contribution < 1.29 is 9.52 Å². The number of hydrogen-bond donors (Lipinski definition) is 0. The molecule has 0 N–H and O–H groups in total. The van der Waals surface area contributed by atoms with Crippen molar-refractivity contribution in [2.45, 2.75) is 0 Å². The van der Waals surface area contributed by atoms with E-state index >= 15 is 0 Å². The minimum absolute atomic E-state index is 0.174. The van der Waals surface area contributed by atoms with Gasteiger partial charge in [-0.25, -0.2) is 4.98 Å². The summed E-state index contributed by atoms with van der Waals surface area (Å²) >= 11 is 0. The Balaban J connectivity index is 2.13. The second kappa shape index (κ2) is 6.08. The van der Waals surface area contributed by atoms with E-state index in [9.17, 15) is 15.3 Å². The zero-order chi connectivity index (χ0) is 16.2. The highest BCUT2D eigenvalue weighted by molar-refractivity contribution is 6.06. The van der Waals surface area contributed by atoms with Gasteiger partial charge in [0, 0.05) is 11.1 Å². The number of nitriles is 1. The Bertz CT molecular complexity index is 901. The molecule has 0 fully saturated rings. The largest absolute Gasteiger partial charge is 0.617 e. The van der Waals surface area contributed by atoms with Crippen LogP contribution >= 0.6 is 0 Å². The van der Waals surface area contributed by atoms with Crippen molar-refractivity contribution in [1.82, 2.24) is 4.98 Å². The highest BCUT2D eigenvalue weighted by atomic mass is 16.5. The molecule has 1 heterocycles. The first-order valence-corrected chi connectivity index (χ1v) is 6.90. The van der Waals surface area contributed by atoms with Crippen LogP contribution in [0.2, 0.25) is 0 Å². The average Bonchev–Trinajstić information content (AvgIpc) is 2.62. The van der Waals surface area contributed by atoms with Crippen molar-refractivity contribution >= 4 is 5.78 Å². The van der Waals surface area contributed by atoms with Gasteiger partial charge in [0.15, 0.2) is 11.8 Å². The third-order valence-electron chi connectivity index (χ3n) is 3.38. The average molecular weight is 301 g/mol. The summed E-state index contributed by atoms with van der Waals surface area (Å²) < 4.78 is 0.352. The summed E-state index contributed by atoms with van der Waals surface area (Å²) in [6.45, 7) is 0. The van der Waals surface area contributed by atoms with E-state index in [1.165, 1.54) is 6.20 Å². The molecule has 5 heteroatoms. The van der Waals surface area contributed by atoms with E-state index < -0.39 is 5.78 Å². The number of rotatable bonds is 3. The van der Waals surface area contributed by atoms with Crippen molar-refractivity contribution in [1.29, 1.82) is 5.26 Å². The number of ketones is 1. The predicted molar refractivity (Wildman–Crippen MR) is 83.2 cm³/mol. The molecule has 0 atom stereocenters. The van der Waals surface area contributed by atoms with Crippen LogP contribution in [-0.2, 0) is 0 Å². The molecule has 0 amide bonds. The van der Waals surface area contributed by atoms with E-state index in [1.54, 1.807) is 54.6 Å². The minimum atomic E-state index is -0.468. The van der Waals surface area contributed by atoms with Crippen LogP contribution in [-0.4, -0.2) is 10.8 Å². The molecule has 0 aliphatic heterocycles. The van der Waals surface area contributed by atoms with Crippen LogP contribution in [0.5, 0.6) is 0 Å². The molecular weight excluding hydrogens is 290 g/mol. The van der Waals surface area contributed by atoms with E-state index in [-0.39, 0.29) is 17.1 Å². The molecule has 0 bridgehead atoms. The fourth-order valence-corrected chi connectivity index (χ4v) is 2.25.